The fourth-order valence-electron chi connectivity index (χ4n) is 1.22. The summed E-state index contributed by atoms with van der Waals surface area (Å²) < 4.78 is 1.65. The molecule has 0 fully saturated rings. The molecule has 0 saturated heterocycles. The maximum atomic E-state index is 11.3. The lowest BCUT2D eigenvalue weighted by molar-refractivity contribution is 0.829. The third kappa shape index (κ3) is 1.24. The van der Waals surface area contributed by atoms with E-state index in [9.17, 15) is 4.79 Å². The molecule has 2 aromatic rings. The molecule has 0 saturated carbocycles. The van der Waals surface area contributed by atoms with Crippen molar-refractivity contribution in [1.82, 2.24) is 14.6 Å². The predicted molar refractivity (Wildman–Crippen MR) is 49.9 cm³/mol. The van der Waals surface area contributed by atoms with E-state index in [1.165, 1.54) is 6.07 Å². The van der Waals surface area contributed by atoms with E-state index < -0.39 is 0 Å². The number of imidazole rings is 1. The largest absolute Gasteiger partial charge is 0.300 e. The van der Waals surface area contributed by atoms with E-state index in [-0.39, 0.29) is 5.43 Å². The Morgan fingerprint density at radius 1 is 1.54 bits per heavy atom. The van der Waals surface area contributed by atoms with Crippen LogP contribution in [0, 0.1) is 0 Å². The summed E-state index contributed by atoms with van der Waals surface area (Å²) in [4.78, 5) is 15.5. The first-order chi connectivity index (χ1) is 6.18. The van der Waals surface area contributed by atoms with Crippen LogP contribution in [0.25, 0.3) is 5.65 Å². The Labute approximate surface area is 75.2 Å². The van der Waals surface area contributed by atoms with E-state index in [1.807, 2.05) is 20.0 Å². The summed E-state index contributed by atoms with van der Waals surface area (Å²) in [6.45, 7) is 4.10. The quantitative estimate of drug-likeness (QED) is 0.710. The highest BCUT2D eigenvalue weighted by Gasteiger charge is 2.06. The van der Waals surface area contributed by atoms with Gasteiger partial charge in [-0.3, -0.25) is 9.89 Å². The van der Waals surface area contributed by atoms with Crippen LogP contribution in [0.2, 0.25) is 0 Å². The van der Waals surface area contributed by atoms with Gasteiger partial charge in [-0.05, 0) is 5.92 Å². The van der Waals surface area contributed by atoms with Gasteiger partial charge in [0.15, 0.2) is 5.65 Å². The van der Waals surface area contributed by atoms with E-state index >= 15 is 0 Å². The Morgan fingerprint density at radius 3 is 2.92 bits per heavy atom. The fourth-order valence-corrected chi connectivity index (χ4v) is 1.22. The van der Waals surface area contributed by atoms with Crippen LogP contribution >= 0.6 is 0 Å². The minimum absolute atomic E-state index is 0.0503. The third-order valence-corrected chi connectivity index (χ3v) is 1.98. The molecule has 0 aliphatic carbocycles. The standard InChI is InChI=1S/C9H11N3O/c1-6(2)7-5-12-9(11-7)8(13)3-4-10-12/h3-6,10H,1-2H3. The number of fused-ring (bicyclic) bond motifs is 1. The summed E-state index contributed by atoms with van der Waals surface area (Å²) >= 11 is 0. The van der Waals surface area contributed by atoms with Gasteiger partial charge in [0.2, 0.25) is 5.43 Å². The molecule has 0 amide bonds. The smallest absolute Gasteiger partial charge is 0.224 e. The molecule has 2 aromatic heterocycles. The van der Waals surface area contributed by atoms with Gasteiger partial charge in [0.05, 0.1) is 11.9 Å². The van der Waals surface area contributed by atoms with Crippen molar-refractivity contribution >= 4 is 5.65 Å². The van der Waals surface area contributed by atoms with Crippen molar-refractivity contribution in [2.24, 2.45) is 0 Å². The molecule has 13 heavy (non-hydrogen) atoms. The van der Waals surface area contributed by atoms with Gasteiger partial charge in [-0.15, -0.1) is 0 Å². The minimum Gasteiger partial charge on any atom is -0.300 e. The minimum atomic E-state index is -0.0503. The number of rotatable bonds is 1. The van der Waals surface area contributed by atoms with Gasteiger partial charge in [0, 0.05) is 12.3 Å². The Balaban J connectivity index is 2.76. The number of hydrogen-bond donors (Lipinski definition) is 1. The second-order valence-electron chi connectivity index (χ2n) is 3.34. The molecule has 0 bridgehead atoms. The Bertz CT molecular complexity index is 481. The van der Waals surface area contributed by atoms with Crippen molar-refractivity contribution in [1.29, 1.82) is 0 Å². The monoisotopic (exact) mass is 177 g/mol. The number of H-pyrrole nitrogens is 1. The van der Waals surface area contributed by atoms with Gasteiger partial charge in [0.25, 0.3) is 0 Å². The Kier molecular flexibility index (Phi) is 1.69. The number of nitrogens with one attached hydrogen (secondary N) is 1. The molecule has 0 unspecified atom stereocenters. The van der Waals surface area contributed by atoms with Gasteiger partial charge in [-0.2, -0.15) is 0 Å². The van der Waals surface area contributed by atoms with Crippen molar-refractivity contribution in [3.63, 3.8) is 0 Å². The lowest BCUT2D eigenvalue weighted by Gasteiger charge is -1.94. The van der Waals surface area contributed by atoms with Crippen LogP contribution in [0.3, 0.4) is 0 Å². The van der Waals surface area contributed by atoms with Crippen LogP contribution < -0.4 is 5.43 Å². The summed E-state index contributed by atoms with van der Waals surface area (Å²) in [7, 11) is 0. The molecule has 0 radical (unpaired) electrons. The number of hydrogen-bond acceptors (Lipinski definition) is 2. The first-order valence-corrected chi connectivity index (χ1v) is 4.25. The highest BCUT2D eigenvalue weighted by atomic mass is 16.1. The van der Waals surface area contributed by atoms with Crippen molar-refractivity contribution < 1.29 is 0 Å². The summed E-state index contributed by atoms with van der Waals surface area (Å²) in [5.41, 5.74) is 1.34. The predicted octanol–water partition coefficient (Wildman–Crippen LogP) is 1.15. The zero-order valence-electron chi connectivity index (χ0n) is 7.61. The highest BCUT2D eigenvalue weighted by molar-refractivity contribution is 5.37. The van der Waals surface area contributed by atoms with E-state index in [0.29, 0.717) is 11.6 Å². The maximum Gasteiger partial charge on any atom is 0.224 e. The van der Waals surface area contributed by atoms with Crippen molar-refractivity contribution in [3.8, 4) is 0 Å². The van der Waals surface area contributed by atoms with Gasteiger partial charge >= 0.3 is 0 Å². The first-order valence-electron chi connectivity index (χ1n) is 4.25. The van der Waals surface area contributed by atoms with Crippen molar-refractivity contribution in [2.75, 3.05) is 0 Å². The Morgan fingerprint density at radius 2 is 2.31 bits per heavy atom. The van der Waals surface area contributed by atoms with Crippen molar-refractivity contribution in [3.05, 3.63) is 34.4 Å². The zero-order valence-corrected chi connectivity index (χ0v) is 7.61. The molecule has 0 aromatic carbocycles. The van der Waals surface area contributed by atoms with Crippen LogP contribution in [-0.4, -0.2) is 14.6 Å². The summed E-state index contributed by atoms with van der Waals surface area (Å²) in [6.07, 6.45) is 3.46. The van der Waals surface area contributed by atoms with Crippen LogP contribution in [0.15, 0.2) is 23.3 Å². The maximum absolute atomic E-state index is 11.3. The van der Waals surface area contributed by atoms with Gasteiger partial charge < -0.3 is 0 Å². The zero-order chi connectivity index (χ0) is 9.42. The van der Waals surface area contributed by atoms with Crippen LogP contribution in [0.5, 0.6) is 0 Å². The number of aromatic amines is 1. The second-order valence-corrected chi connectivity index (χ2v) is 3.34. The van der Waals surface area contributed by atoms with Crippen molar-refractivity contribution in [2.45, 2.75) is 19.8 Å². The summed E-state index contributed by atoms with van der Waals surface area (Å²) in [5, 5.41) is 2.92. The molecule has 0 spiro atoms. The third-order valence-electron chi connectivity index (χ3n) is 1.98. The van der Waals surface area contributed by atoms with Crippen LogP contribution in [0.4, 0.5) is 0 Å². The highest BCUT2D eigenvalue weighted by Crippen LogP contribution is 2.11. The lowest BCUT2D eigenvalue weighted by atomic mass is 10.2. The molecule has 4 heteroatoms. The Hall–Kier alpha value is -1.58. The molecule has 1 N–H and O–H groups in total. The van der Waals surface area contributed by atoms with E-state index in [1.54, 1.807) is 10.7 Å². The van der Waals surface area contributed by atoms with Crippen LogP contribution in [0.1, 0.15) is 25.5 Å². The van der Waals surface area contributed by atoms with E-state index in [2.05, 4.69) is 10.1 Å². The molecule has 0 aliphatic heterocycles. The molecule has 2 rings (SSSR count). The fraction of sp³-hybridized carbons (Fsp3) is 0.333. The van der Waals surface area contributed by atoms with E-state index in [0.717, 1.165) is 5.69 Å². The lowest BCUT2D eigenvalue weighted by Crippen LogP contribution is -2.05. The average molecular weight is 177 g/mol. The van der Waals surface area contributed by atoms with Gasteiger partial charge in [-0.1, -0.05) is 13.8 Å². The molecule has 0 aliphatic rings. The molecule has 4 nitrogen and oxygen atoms in total. The molecule has 68 valence electrons. The first kappa shape index (κ1) is 8.04. The molecular formula is C9H11N3O. The van der Waals surface area contributed by atoms with Gasteiger partial charge in [-0.25, -0.2) is 9.50 Å². The summed E-state index contributed by atoms with van der Waals surface area (Å²) in [5.74, 6) is 0.340. The second kappa shape index (κ2) is 2.73. The van der Waals surface area contributed by atoms with E-state index in [4.69, 9.17) is 0 Å². The SMILES string of the molecule is CC(C)c1cn2[nH]ccc(=O)c2n1. The number of aromatic nitrogens is 3. The average Bonchev–Trinajstić information content (AvgIpc) is 2.49. The number of nitrogens with zero attached hydrogens (tertiary/aromatic N) is 2. The molecular weight excluding hydrogens is 166 g/mol. The molecule has 0 atom stereocenters. The normalized spacial score (nSPS) is 11.3. The molecule has 2 heterocycles. The van der Waals surface area contributed by atoms with Crippen LogP contribution in [-0.2, 0) is 0 Å². The summed E-state index contributed by atoms with van der Waals surface area (Å²) in [6, 6.07) is 1.48. The van der Waals surface area contributed by atoms with Gasteiger partial charge in [0.1, 0.15) is 0 Å². The topological polar surface area (TPSA) is 50.2 Å².